The first-order valence-corrected chi connectivity index (χ1v) is 6.29. The second kappa shape index (κ2) is 6.86. The van der Waals surface area contributed by atoms with Crippen molar-refractivity contribution in [3.63, 3.8) is 0 Å². The van der Waals surface area contributed by atoms with Gasteiger partial charge in [-0.2, -0.15) is 13.2 Å². The Hall–Kier alpha value is -2.97. The lowest BCUT2D eigenvalue weighted by Crippen LogP contribution is -2.23. The second-order valence-electron chi connectivity index (χ2n) is 4.33. The molecule has 122 valence electrons. The summed E-state index contributed by atoms with van der Waals surface area (Å²) in [7, 11) is 0. The number of rotatable bonds is 4. The number of ether oxygens (including phenoxy) is 1. The summed E-state index contributed by atoms with van der Waals surface area (Å²) in [5.74, 6) is -0.330. The summed E-state index contributed by atoms with van der Waals surface area (Å²) in [4.78, 5) is 22.9. The molecule has 0 fully saturated rings. The third kappa shape index (κ3) is 5.38. The van der Waals surface area contributed by atoms with E-state index < -0.39 is 24.8 Å². The first-order valence-electron chi connectivity index (χ1n) is 6.29. The van der Waals surface area contributed by atoms with Gasteiger partial charge in [0.1, 0.15) is 0 Å². The van der Waals surface area contributed by atoms with Crippen molar-refractivity contribution in [2.45, 2.75) is 6.18 Å². The molecule has 1 aromatic carbocycles. The number of alkyl halides is 3. The van der Waals surface area contributed by atoms with Crippen molar-refractivity contribution in [1.82, 2.24) is 0 Å². The van der Waals surface area contributed by atoms with E-state index in [-0.39, 0.29) is 11.4 Å². The number of carbonyl (C=O) groups excluding carboxylic acids is 2. The minimum atomic E-state index is -4.59. The Morgan fingerprint density at radius 3 is 2.17 bits per heavy atom. The third-order valence-corrected chi connectivity index (χ3v) is 2.50. The van der Waals surface area contributed by atoms with E-state index in [4.69, 9.17) is 4.42 Å². The highest BCUT2D eigenvalue weighted by molar-refractivity contribution is 6.02. The van der Waals surface area contributed by atoms with Gasteiger partial charge in [-0.15, -0.1) is 0 Å². The smallest absolute Gasteiger partial charge is 0.422 e. The van der Waals surface area contributed by atoms with Crippen molar-refractivity contribution in [1.29, 1.82) is 0 Å². The van der Waals surface area contributed by atoms with Crippen LogP contribution >= 0.6 is 0 Å². The zero-order chi connectivity index (χ0) is 16.9. The molecule has 2 aromatic rings. The van der Waals surface area contributed by atoms with Gasteiger partial charge in [-0.3, -0.25) is 10.1 Å². The SMILES string of the molecule is O=C(Nc1ccc(NC(=O)c2ccco2)cc1)OCC(F)(F)F. The zero-order valence-corrected chi connectivity index (χ0v) is 11.5. The van der Waals surface area contributed by atoms with Gasteiger partial charge in [0.15, 0.2) is 12.4 Å². The van der Waals surface area contributed by atoms with E-state index in [0.29, 0.717) is 5.69 Å². The molecule has 1 heterocycles. The number of hydrogen-bond acceptors (Lipinski definition) is 4. The van der Waals surface area contributed by atoms with Crippen molar-refractivity contribution in [2.75, 3.05) is 17.2 Å². The number of nitrogens with one attached hydrogen (secondary N) is 2. The predicted molar refractivity (Wildman–Crippen MR) is 74.1 cm³/mol. The normalized spacial score (nSPS) is 10.9. The van der Waals surface area contributed by atoms with Gasteiger partial charge in [0.2, 0.25) is 0 Å². The average Bonchev–Trinajstić information content (AvgIpc) is 3.01. The monoisotopic (exact) mass is 328 g/mol. The van der Waals surface area contributed by atoms with E-state index in [0.717, 1.165) is 0 Å². The number of anilines is 2. The molecule has 0 spiro atoms. The molecule has 2 rings (SSSR count). The number of hydrogen-bond donors (Lipinski definition) is 2. The molecule has 0 unspecified atom stereocenters. The lowest BCUT2D eigenvalue weighted by atomic mass is 10.2. The topological polar surface area (TPSA) is 80.6 Å². The fraction of sp³-hybridized carbons (Fsp3) is 0.143. The highest BCUT2D eigenvalue weighted by atomic mass is 19.4. The Morgan fingerprint density at radius 2 is 1.65 bits per heavy atom. The Balaban J connectivity index is 1.87. The maximum absolute atomic E-state index is 11.9. The summed E-state index contributed by atoms with van der Waals surface area (Å²) in [6.45, 7) is -1.67. The lowest BCUT2D eigenvalue weighted by Gasteiger charge is -2.09. The van der Waals surface area contributed by atoms with Crippen LogP contribution in [0.15, 0.2) is 47.1 Å². The van der Waals surface area contributed by atoms with Gasteiger partial charge in [-0.25, -0.2) is 4.79 Å². The Labute approximate surface area is 128 Å². The van der Waals surface area contributed by atoms with Crippen molar-refractivity contribution in [3.05, 3.63) is 48.4 Å². The number of furan rings is 1. The molecule has 0 aliphatic rings. The van der Waals surface area contributed by atoms with E-state index in [2.05, 4.69) is 15.4 Å². The first-order chi connectivity index (χ1) is 10.8. The Bertz CT molecular complexity index is 666. The lowest BCUT2D eigenvalue weighted by molar-refractivity contribution is -0.159. The van der Waals surface area contributed by atoms with Crippen LogP contribution in [0.4, 0.5) is 29.3 Å². The summed E-state index contributed by atoms with van der Waals surface area (Å²) in [6, 6.07) is 8.76. The summed E-state index contributed by atoms with van der Waals surface area (Å²) < 4.78 is 44.6. The molecular formula is C14H11F3N2O4. The van der Waals surface area contributed by atoms with Crippen LogP contribution in [0.3, 0.4) is 0 Å². The van der Waals surface area contributed by atoms with Crippen LogP contribution in [0.2, 0.25) is 0 Å². The van der Waals surface area contributed by atoms with Gasteiger partial charge >= 0.3 is 12.3 Å². The van der Waals surface area contributed by atoms with E-state index in [1.807, 2.05) is 0 Å². The maximum Gasteiger partial charge on any atom is 0.422 e. The van der Waals surface area contributed by atoms with E-state index in [1.165, 1.54) is 36.6 Å². The molecule has 6 nitrogen and oxygen atoms in total. The van der Waals surface area contributed by atoms with Gasteiger partial charge in [0.05, 0.1) is 6.26 Å². The quantitative estimate of drug-likeness (QED) is 0.898. The molecule has 2 N–H and O–H groups in total. The van der Waals surface area contributed by atoms with Crippen LogP contribution < -0.4 is 10.6 Å². The zero-order valence-electron chi connectivity index (χ0n) is 11.5. The largest absolute Gasteiger partial charge is 0.459 e. The number of benzene rings is 1. The van der Waals surface area contributed by atoms with Crippen LogP contribution in [0.1, 0.15) is 10.6 Å². The molecule has 23 heavy (non-hydrogen) atoms. The molecule has 0 saturated heterocycles. The van der Waals surface area contributed by atoms with Gasteiger partial charge in [0.25, 0.3) is 5.91 Å². The fourth-order valence-electron chi connectivity index (χ4n) is 1.54. The summed E-state index contributed by atoms with van der Waals surface area (Å²) in [6.07, 6.45) is -4.46. The van der Waals surface area contributed by atoms with E-state index >= 15 is 0 Å². The van der Waals surface area contributed by atoms with Crippen molar-refractivity contribution >= 4 is 23.4 Å². The predicted octanol–water partition coefficient (Wildman–Crippen LogP) is 3.64. The van der Waals surface area contributed by atoms with Crippen LogP contribution in [-0.2, 0) is 4.74 Å². The van der Waals surface area contributed by atoms with Crippen LogP contribution in [0, 0.1) is 0 Å². The number of halogens is 3. The third-order valence-electron chi connectivity index (χ3n) is 2.50. The summed E-state index contributed by atoms with van der Waals surface area (Å²) in [5.41, 5.74) is 0.633. The van der Waals surface area contributed by atoms with Gasteiger partial charge in [0, 0.05) is 11.4 Å². The van der Waals surface area contributed by atoms with Crippen molar-refractivity contribution < 1.29 is 31.9 Å². The number of amides is 2. The van der Waals surface area contributed by atoms with Crippen molar-refractivity contribution in [2.24, 2.45) is 0 Å². The Morgan fingerprint density at radius 1 is 1.04 bits per heavy atom. The van der Waals surface area contributed by atoms with Gasteiger partial charge < -0.3 is 14.5 Å². The fourth-order valence-corrected chi connectivity index (χ4v) is 1.54. The first kappa shape index (κ1) is 16.4. The highest BCUT2D eigenvalue weighted by Crippen LogP contribution is 2.17. The van der Waals surface area contributed by atoms with Crippen LogP contribution in [0.5, 0.6) is 0 Å². The molecular weight excluding hydrogens is 317 g/mol. The summed E-state index contributed by atoms with van der Waals surface area (Å²) >= 11 is 0. The van der Waals surface area contributed by atoms with E-state index in [9.17, 15) is 22.8 Å². The van der Waals surface area contributed by atoms with Crippen LogP contribution in [0.25, 0.3) is 0 Å². The molecule has 0 saturated carbocycles. The minimum absolute atomic E-state index is 0.128. The average molecular weight is 328 g/mol. The standard InChI is InChI=1S/C14H11F3N2O4/c15-14(16,17)8-23-13(21)19-10-5-3-9(4-6-10)18-12(20)11-2-1-7-22-11/h1-7H,8H2,(H,18,20)(H,19,21). The molecule has 2 amide bonds. The van der Waals surface area contributed by atoms with Crippen LogP contribution in [-0.4, -0.2) is 24.8 Å². The summed E-state index contributed by atoms with van der Waals surface area (Å²) in [5, 5.41) is 4.67. The minimum Gasteiger partial charge on any atom is -0.459 e. The Kier molecular flexibility index (Phi) is 4.89. The van der Waals surface area contributed by atoms with E-state index in [1.54, 1.807) is 6.07 Å². The number of carbonyl (C=O) groups is 2. The maximum atomic E-state index is 11.9. The van der Waals surface area contributed by atoms with Gasteiger partial charge in [-0.1, -0.05) is 0 Å². The molecule has 0 radical (unpaired) electrons. The molecule has 1 aromatic heterocycles. The molecule has 0 aliphatic carbocycles. The highest BCUT2D eigenvalue weighted by Gasteiger charge is 2.29. The molecule has 0 aliphatic heterocycles. The van der Waals surface area contributed by atoms with Crippen molar-refractivity contribution in [3.8, 4) is 0 Å². The molecule has 0 atom stereocenters. The second-order valence-corrected chi connectivity index (χ2v) is 4.33. The molecule has 9 heteroatoms. The molecule has 0 bridgehead atoms. The van der Waals surface area contributed by atoms with Gasteiger partial charge in [-0.05, 0) is 36.4 Å².